The van der Waals surface area contributed by atoms with Gasteiger partial charge in [0.15, 0.2) is 0 Å². The Hall–Kier alpha value is -0.770. The van der Waals surface area contributed by atoms with Crippen LogP contribution in [0.2, 0.25) is 0 Å². The van der Waals surface area contributed by atoms with E-state index in [0.717, 1.165) is 19.3 Å². The van der Waals surface area contributed by atoms with Gasteiger partial charge in [-0.05, 0) is 43.4 Å². The number of hydrogen-bond acceptors (Lipinski definition) is 2. The van der Waals surface area contributed by atoms with Crippen LogP contribution in [0.3, 0.4) is 0 Å². The monoisotopic (exact) mass is 282 g/mol. The van der Waals surface area contributed by atoms with Crippen molar-refractivity contribution >= 4 is 6.03 Å². The second kappa shape index (κ2) is 6.79. The largest absolute Gasteiger partial charge is 0.391 e. The lowest BCUT2D eigenvalue weighted by Crippen LogP contribution is -2.50. The summed E-state index contributed by atoms with van der Waals surface area (Å²) >= 11 is 0. The predicted molar refractivity (Wildman–Crippen MR) is 80.5 cm³/mol. The van der Waals surface area contributed by atoms with Gasteiger partial charge in [0.25, 0.3) is 0 Å². The molecule has 116 valence electrons. The topological polar surface area (TPSA) is 52.6 Å². The number of hydrogen-bond donors (Lipinski definition) is 2. The second-order valence-corrected chi connectivity index (χ2v) is 7.03. The van der Waals surface area contributed by atoms with Crippen LogP contribution in [0.25, 0.3) is 0 Å². The van der Waals surface area contributed by atoms with Gasteiger partial charge in [0, 0.05) is 19.6 Å². The molecule has 0 bridgehead atoms. The molecule has 0 saturated heterocycles. The summed E-state index contributed by atoms with van der Waals surface area (Å²) < 4.78 is 0. The Bertz CT molecular complexity index is 328. The number of amides is 2. The van der Waals surface area contributed by atoms with Crippen molar-refractivity contribution in [2.45, 2.75) is 64.5 Å². The molecule has 20 heavy (non-hydrogen) atoms. The minimum Gasteiger partial charge on any atom is -0.391 e. The molecule has 4 nitrogen and oxygen atoms in total. The summed E-state index contributed by atoms with van der Waals surface area (Å²) in [6.07, 6.45) is 6.67. The maximum atomic E-state index is 12.3. The number of nitrogens with zero attached hydrogens (tertiary/aromatic N) is 1. The number of carbonyl (C=O) groups is 1. The molecular formula is C16H30N2O2. The van der Waals surface area contributed by atoms with E-state index in [2.05, 4.69) is 19.2 Å². The van der Waals surface area contributed by atoms with Gasteiger partial charge in [-0.15, -0.1) is 0 Å². The summed E-state index contributed by atoms with van der Waals surface area (Å²) in [5.41, 5.74) is 0. The fourth-order valence-corrected chi connectivity index (χ4v) is 3.40. The highest BCUT2D eigenvalue weighted by Gasteiger charge is 2.33. The highest BCUT2D eigenvalue weighted by atomic mass is 16.3. The van der Waals surface area contributed by atoms with E-state index in [4.69, 9.17) is 0 Å². The molecule has 2 fully saturated rings. The van der Waals surface area contributed by atoms with E-state index in [1.807, 2.05) is 0 Å². The molecule has 3 unspecified atom stereocenters. The Morgan fingerprint density at radius 1 is 1.25 bits per heavy atom. The van der Waals surface area contributed by atoms with E-state index in [1.165, 1.54) is 19.3 Å². The average molecular weight is 282 g/mol. The first-order valence-electron chi connectivity index (χ1n) is 8.18. The molecule has 2 saturated carbocycles. The molecule has 2 aliphatic rings. The number of aliphatic hydroxyl groups is 1. The van der Waals surface area contributed by atoms with Gasteiger partial charge in [-0.3, -0.25) is 0 Å². The first-order valence-corrected chi connectivity index (χ1v) is 8.18. The van der Waals surface area contributed by atoms with Gasteiger partial charge < -0.3 is 15.3 Å². The summed E-state index contributed by atoms with van der Waals surface area (Å²) in [5.74, 6) is 1.63. The Balaban J connectivity index is 1.82. The molecule has 4 heteroatoms. The quantitative estimate of drug-likeness (QED) is 0.814. The van der Waals surface area contributed by atoms with Crippen molar-refractivity contribution < 1.29 is 9.90 Å². The molecule has 2 amide bonds. The molecular weight excluding hydrogens is 252 g/mol. The number of aliphatic hydroxyl groups excluding tert-OH is 1. The number of nitrogens with one attached hydrogen (secondary N) is 1. The summed E-state index contributed by atoms with van der Waals surface area (Å²) in [4.78, 5) is 13.9. The lowest BCUT2D eigenvalue weighted by Gasteiger charge is -2.36. The third-order valence-electron chi connectivity index (χ3n) is 4.96. The van der Waals surface area contributed by atoms with Crippen LogP contribution in [0.15, 0.2) is 0 Å². The minimum atomic E-state index is -0.349. The number of urea groups is 1. The van der Waals surface area contributed by atoms with E-state index in [9.17, 15) is 9.90 Å². The SMILES string of the molecule is CC(C)C1CCCCC1NC(=O)N(C)CC(O)C1CC1. The normalized spacial score (nSPS) is 28.2. The highest BCUT2D eigenvalue weighted by Crippen LogP contribution is 2.33. The van der Waals surface area contributed by atoms with Crippen molar-refractivity contribution in [3.63, 3.8) is 0 Å². The lowest BCUT2D eigenvalue weighted by molar-refractivity contribution is 0.109. The molecule has 0 radical (unpaired) electrons. The Morgan fingerprint density at radius 2 is 1.90 bits per heavy atom. The molecule has 2 aliphatic carbocycles. The average Bonchev–Trinajstić information content (AvgIpc) is 3.23. The van der Waals surface area contributed by atoms with Crippen LogP contribution in [0.1, 0.15) is 52.4 Å². The molecule has 0 aliphatic heterocycles. The zero-order chi connectivity index (χ0) is 14.7. The third-order valence-corrected chi connectivity index (χ3v) is 4.96. The Morgan fingerprint density at radius 3 is 2.50 bits per heavy atom. The highest BCUT2D eigenvalue weighted by molar-refractivity contribution is 5.74. The van der Waals surface area contributed by atoms with Crippen LogP contribution in [-0.4, -0.2) is 41.8 Å². The van der Waals surface area contributed by atoms with E-state index < -0.39 is 0 Å². The fraction of sp³-hybridized carbons (Fsp3) is 0.938. The molecule has 0 aromatic rings. The van der Waals surface area contributed by atoms with Gasteiger partial charge in [0.1, 0.15) is 0 Å². The predicted octanol–water partition coefficient (Wildman–Crippen LogP) is 2.61. The van der Waals surface area contributed by atoms with Crippen LogP contribution in [0.5, 0.6) is 0 Å². The van der Waals surface area contributed by atoms with E-state index in [-0.39, 0.29) is 12.1 Å². The smallest absolute Gasteiger partial charge is 0.317 e. The fourth-order valence-electron chi connectivity index (χ4n) is 3.40. The van der Waals surface area contributed by atoms with E-state index in [1.54, 1.807) is 11.9 Å². The Kier molecular flexibility index (Phi) is 5.30. The molecule has 2 rings (SSSR count). The molecule has 0 aromatic heterocycles. The molecule has 3 atom stereocenters. The minimum absolute atomic E-state index is 0.0257. The summed E-state index contributed by atoms with van der Waals surface area (Å²) in [7, 11) is 1.79. The number of carbonyl (C=O) groups excluding carboxylic acids is 1. The van der Waals surface area contributed by atoms with Crippen molar-refractivity contribution in [2.24, 2.45) is 17.8 Å². The Labute approximate surface area is 122 Å². The van der Waals surface area contributed by atoms with Crippen molar-refractivity contribution in [1.82, 2.24) is 10.2 Å². The standard InChI is InChI=1S/C16H30N2O2/c1-11(2)13-6-4-5-7-14(13)17-16(20)18(3)10-15(19)12-8-9-12/h11-15,19H,4-10H2,1-3H3,(H,17,20). The van der Waals surface area contributed by atoms with E-state index in [0.29, 0.717) is 30.3 Å². The van der Waals surface area contributed by atoms with Gasteiger partial charge in [0.05, 0.1) is 6.10 Å². The molecule has 0 heterocycles. The number of rotatable bonds is 5. The third kappa shape index (κ3) is 4.11. The maximum absolute atomic E-state index is 12.3. The first kappa shape index (κ1) is 15.6. The van der Waals surface area contributed by atoms with Crippen LogP contribution in [0.4, 0.5) is 4.79 Å². The van der Waals surface area contributed by atoms with Crippen molar-refractivity contribution in [3.05, 3.63) is 0 Å². The van der Waals surface area contributed by atoms with Crippen LogP contribution in [-0.2, 0) is 0 Å². The second-order valence-electron chi connectivity index (χ2n) is 7.03. The van der Waals surface area contributed by atoms with Crippen molar-refractivity contribution in [2.75, 3.05) is 13.6 Å². The zero-order valence-corrected chi connectivity index (χ0v) is 13.1. The maximum Gasteiger partial charge on any atom is 0.317 e. The van der Waals surface area contributed by atoms with Crippen molar-refractivity contribution in [3.8, 4) is 0 Å². The first-order chi connectivity index (χ1) is 9.49. The van der Waals surface area contributed by atoms with E-state index >= 15 is 0 Å². The molecule has 0 spiro atoms. The van der Waals surface area contributed by atoms with Crippen molar-refractivity contribution in [1.29, 1.82) is 0 Å². The van der Waals surface area contributed by atoms with Gasteiger partial charge in [-0.1, -0.05) is 26.7 Å². The van der Waals surface area contributed by atoms with Crippen LogP contribution in [0, 0.1) is 17.8 Å². The summed E-state index contributed by atoms with van der Waals surface area (Å²) in [6.45, 7) is 4.95. The lowest BCUT2D eigenvalue weighted by atomic mass is 9.78. The molecule has 2 N–H and O–H groups in total. The summed E-state index contributed by atoms with van der Waals surface area (Å²) in [6, 6.07) is 0.277. The number of likely N-dealkylation sites (N-methyl/N-ethyl adjacent to an activating group) is 1. The summed E-state index contributed by atoms with van der Waals surface area (Å²) in [5, 5.41) is 13.1. The zero-order valence-electron chi connectivity index (χ0n) is 13.1. The van der Waals surface area contributed by atoms with Gasteiger partial charge in [-0.2, -0.15) is 0 Å². The van der Waals surface area contributed by atoms with Crippen LogP contribution < -0.4 is 5.32 Å². The molecule has 0 aromatic carbocycles. The van der Waals surface area contributed by atoms with Gasteiger partial charge >= 0.3 is 6.03 Å². The van der Waals surface area contributed by atoms with Gasteiger partial charge in [-0.25, -0.2) is 4.79 Å². The van der Waals surface area contributed by atoms with Gasteiger partial charge in [0.2, 0.25) is 0 Å². The van der Waals surface area contributed by atoms with Crippen LogP contribution >= 0.6 is 0 Å².